The van der Waals surface area contributed by atoms with Crippen molar-refractivity contribution in [1.82, 2.24) is 0 Å². The number of carbonyl (C=O) groups excluding carboxylic acids is 2. The molecule has 0 bridgehead atoms. The molecule has 0 atom stereocenters. The van der Waals surface area contributed by atoms with E-state index in [1.165, 1.54) is 0 Å². The van der Waals surface area contributed by atoms with E-state index in [9.17, 15) is 0 Å². The molecule has 0 spiro atoms. The maximum Gasteiger partial charge on any atom is 4.00 e. The third-order valence-corrected chi connectivity index (χ3v) is 0. The molecule has 0 saturated carbocycles. The predicted octanol–water partition coefficient (Wildman–Crippen LogP) is 0.740. The first-order chi connectivity index (χ1) is 3.00. The molecule has 0 aromatic rings. The van der Waals surface area contributed by atoms with E-state index in [4.69, 9.17) is 9.59 Å². The van der Waals surface area contributed by atoms with Crippen molar-refractivity contribution < 1.29 is 29.1 Å². The SMILES string of the molecule is [CH-]=O.[CH-]=O.[CH2-]C.[CH3-].[Ru+4]. The normalized spacial score (nSPS) is 1.75. The van der Waals surface area contributed by atoms with Crippen LogP contribution >= 0.6 is 0 Å². The summed E-state index contributed by atoms with van der Waals surface area (Å²) in [5.41, 5.74) is 0. The summed E-state index contributed by atoms with van der Waals surface area (Å²) in [5, 5.41) is 0. The molecule has 3 heteroatoms. The first-order valence-electron chi connectivity index (χ1n) is 1.18. The standard InChI is InChI=1S/C2H5.2CHO.CH3.Ru/c3*1-2;;/h1H2,2H3;2*1H;1H3;/q4*-1;+4. The van der Waals surface area contributed by atoms with E-state index in [1.807, 2.05) is 0 Å². The van der Waals surface area contributed by atoms with E-state index in [2.05, 4.69) is 20.5 Å². The van der Waals surface area contributed by atoms with Crippen LogP contribution in [0.3, 0.4) is 0 Å². The van der Waals surface area contributed by atoms with Gasteiger partial charge in [-0.3, -0.25) is 13.6 Å². The first kappa shape index (κ1) is 44.0. The van der Waals surface area contributed by atoms with Crippen molar-refractivity contribution in [3.05, 3.63) is 14.4 Å². The van der Waals surface area contributed by atoms with Crippen LogP contribution < -0.4 is 0 Å². The van der Waals surface area contributed by atoms with Gasteiger partial charge in [-0.1, -0.05) is 0 Å². The smallest absolute Gasteiger partial charge is 0.545 e. The first-order valence-corrected chi connectivity index (χ1v) is 1.18. The monoisotopic (exact) mass is 204 g/mol. The minimum absolute atomic E-state index is 0. The molecule has 0 unspecified atom stereocenters. The van der Waals surface area contributed by atoms with Crippen molar-refractivity contribution in [1.29, 1.82) is 0 Å². The minimum atomic E-state index is 0. The van der Waals surface area contributed by atoms with Gasteiger partial charge in [0.05, 0.1) is 0 Å². The molecule has 0 radical (unpaired) electrons. The average Bonchev–Trinajstić information content (AvgIpc) is 1.81. The molecule has 0 amide bonds. The summed E-state index contributed by atoms with van der Waals surface area (Å²) >= 11 is 0. The molecule has 0 rings (SSSR count). The van der Waals surface area contributed by atoms with Crippen LogP contribution in [-0.4, -0.2) is 13.6 Å². The van der Waals surface area contributed by atoms with Crippen molar-refractivity contribution in [2.24, 2.45) is 0 Å². The molecule has 50 valence electrons. The van der Waals surface area contributed by atoms with E-state index in [0.29, 0.717) is 0 Å². The summed E-state index contributed by atoms with van der Waals surface area (Å²) in [6.45, 7) is 11.5. The van der Waals surface area contributed by atoms with Gasteiger partial charge < -0.3 is 23.9 Å². The van der Waals surface area contributed by atoms with Crippen LogP contribution in [0.5, 0.6) is 0 Å². The maximum atomic E-state index is 7.75. The second kappa shape index (κ2) is 185000. The Morgan fingerprint density at radius 2 is 1.00 bits per heavy atom. The van der Waals surface area contributed by atoms with E-state index in [1.54, 1.807) is 6.92 Å². The van der Waals surface area contributed by atoms with Crippen LogP contribution in [0, 0.1) is 14.4 Å². The summed E-state index contributed by atoms with van der Waals surface area (Å²) in [6, 6.07) is 0. The Morgan fingerprint density at radius 3 is 1.00 bits per heavy atom. The van der Waals surface area contributed by atoms with E-state index >= 15 is 0 Å². The van der Waals surface area contributed by atoms with Crippen molar-refractivity contribution in [3.63, 3.8) is 0 Å². The van der Waals surface area contributed by atoms with Gasteiger partial charge in [0.25, 0.3) is 0 Å². The fourth-order valence-electron chi connectivity index (χ4n) is 0. The third kappa shape index (κ3) is 110000. The second-order valence-corrected chi connectivity index (χ2v) is 0. The Labute approximate surface area is 64.4 Å². The molecule has 0 aromatic carbocycles. The summed E-state index contributed by atoms with van der Waals surface area (Å²) in [5.74, 6) is 0. The van der Waals surface area contributed by atoms with Crippen LogP contribution in [0.15, 0.2) is 0 Å². The van der Waals surface area contributed by atoms with Gasteiger partial charge in [0.1, 0.15) is 0 Å². The summed E-state index contributed by atoms with van der Waals surface area (Å²) in [7, 11) is 0. The van der Waals surface area contributed by atoms with Crippen molar-refractivity contribution in [2.75, 3.05) is 0 Å². The van der Waals surface area contributed by atoms with Gasteiger partial charge in [0, 0.05) is 0 Å². The Balaban J connectivity index is -0.00000000500. The Bertz CT molecular complexity index is 12.4. The molecule has 0 aliphatic rings. The molecular weight excluding hydrogens is 193 g/mol. The van der Waals surface area contributed by atoms with Crippen molar-refractivity contribution >= 4 is 13.6 Å². The minimum Gasteiger partial charge on any atom is -0.545 e. The van der Waals surface area contributed by atoms with Gasteiger partial charge in [-0.2, -0.15) is 6.92 Å². The Kier molecular flexibility index (Phi) is 1010000. The molecule has 2 nitrogen and oxygen atoms in total. The Morgan fingerprint density at radius 1 is 1.00 bits per heavy atom. The largest absolute Gasteiger partial charge is 4.00 e. The van der Waals surface area contributed by atoms with Crippen molar-refractivity contribution in [2.45, 2.75) is 6.92 Å². The predicted molar refractivity (Wildman–Crippen MR) is 30.9 cm³/mol. The average molecular weight is 203 g/mol. The number of hydrogen-bond acceptors (Lipinski definition) is 2. The molecule has 0 fully saturated rings. The number of rotatable bonds is 0. The van der Waals surface area contributed by atoms with Crippen molar-refractivity contribution in [3.8, 4) is 0 Å². The summed E-state index contributed by atoms with van der Waals surface area (Å²) in [4.78, 5) is 15.5. The Hall–Kier alpha value is -0.0366. The zero-order valence-corrected chi connectivity index (χ0v) is 6.77. The van der Waals surface area contributed by atoms with Crippen LogP contribution in [0.25, 0.3) is 0 Å². The molecule has 0 aliphatic heterocycles. The number of hydrogen-bond donors (Lipinski definition) is 0. The molecule has 0 heterocycles. The van der Waals surface area contributed by atoms with Gasteiger partial charge >= 0.3 is 19.5 Å². The molecular formula is C5H10O2Ru. The molecule has 0 aliphatic carbocycles. The van der Waals surface area contributed by atoms with Crippen LogP contribution in [-0.2, 0) is 29.1 Å². The summed E-state index contributed by atoms with van der Waals surface area (Å²) < 4.78 is 0. The fourth-order valence-corrected chi connectivity index (χ4v) is 0. The van der Waals surface area contributed by atoms with Crippen LogP contribution in [0.1, 0.15) is 6.92 Å². The van der Waals surface area contributed by atoms with E-state index in [-0.39, 0.29) is 26.9 Å². The molecule has 0 saturated heterocycles. The van der Waals surface area contributed by atoms with Gasteiger partial charge in [-0.15, -0.1) is 0 Å². The van der Waals surface area contributed by atoms with Crippen LogP contribution in [0.2, 0.25) is 0 Å². The quantitative estimate of drug-likeness (QED) is 0.330. The van der Waals surface area contributed by atoms with Gasteiger partial charge in [0.15, 0.2) is 0 Å². The topological polar surface area (TPSA) is 34.1 Å². The molecule has 0 N–H and O–H groups in total. The van der Waals surface area contributed by atoms with E-state index in [0.717, 1.165) is 0 Å². The molecule has 8 heavy (non-hydrogen) atoms. The summed E-state index contributed by atoms with van der Waals surface area (Å²) in [6.07, 6.45) is 0. The maximum absolute atomic E-state index is 7.75. The van der Waals surface area contributed by atoms with E-state index < -0.39 is 0 Å². The third-order valence-electron chi connectivity index (χ3n) is 0. The zero-order valence-electron chi connectivity index (χ0n) is 5.03. The van der Waals surface area contributed by atoms with Gasteiger partial charge in [-0.25, -0.2) is 0 Å². The van der Waals surface area contributed by atoms with Gasteiger partial charge in [0.2, 0.25) is 0 Å². The fraction of sp³-hybridized carbons (Fsp3) is 0.200. The van der Waals surface area contributed by atoms with Gasteiger partial charge in [-0.05, 0) is 0 Å². The molecule has 0 aromatic heterocycles. The van der Waals surface area contributed by atoms with Crippen LogP contribution in [0.4, 0.5) is 0 Å². The second-order valence-electron chi connectivity index (χ2n) is 0. The zero-order chi connectivity index (χ0) is 6.00.